The third kappa shape index (κ3) is 10.6. The lowest BCUT2D eigenvalue weighted by atomic mass is 10.1. The van der Waals surface area contributed by atoms with E-state index in [4.69, 9.17) is 9.73 Å². The quantitative estimate of drug-likeness (QED) is 0.348. The Morgan fingerprint density at radius 1 is 1.13 bits per heavy atom. The summed E-state index contributed by atoms with van der Waals surface area (Å²) in [5.41, 5.74) is 0. The number of morpholine rings is 1. The topological polar surface area (TPSA) is 48.9 Å². The number of ether oxygens (including phenoxy) is 1. The van der Waals surface area contributed by atoms with Gasteiger partial charge in [-0.15, -0.1) is 0 Å². The SMILES string of the molecule is CCCCCC(C)NC(=NCCCCN1CCOCC1)NCC. The van der Waals surface area contributed by atoms with Crippen molar-refractivity contribution < 1.29 is 4.74 Å². The summed E-state index contributed by atoms with van der Waals surface area (Å²) >= 11 is 0. The number of rotatable bonds is 11. The zero-order chi connectivity index (χ0) is 16.8. The summed E-state index contributed by atoms with van der Waals surface area (Å²) in [5.74, 6) is 0.975. The van der Waals surface area contributed by atoms with Gasteiger partial charge in [-0.2, -0.15) is 0 Å². The minimum Gasteiger partial charge on any atom is -0.379 e. The van der Waals surface area contributed by atoms with Crippen molar-refractivity contribution in [3.05, 3.63) is 0 Å². The number of guanidine groups is 1. The van der Waals surface area contributed by atoms with Crippen LogP contribution in [0.4, 0.5) is 0 Å². The largest absolute Gasteiger partial charge is 0.379 e. The fourth-order valence-electron chi connectivity index (χ4n) is 2.79. The van der Waals surface area contributed by atoms with Gasteiger partial charge in [-0.05, 0) is 39.7 Å². The molecule has 0 saturated carbocycles. The summed E-state index contributed by atoms with van der Waals surface area (Å²) in [7, 11) is 0. The van der Waals surface area contributed by atoms with Gasteiger partial charge in [0.15, 0.2) is 5.96 Å². The highest BCUT2D eigenvalue weighted by Gasteiger charge is 2.09. The van der Waals surface area contributed by atoms with E-state index in [1.54, 1.807) is 0 Å². The predicted molar refractivity (Wildman–Crippen MR) is 99.2 cm³/mol. The van der Waals surface area contributed by atoms with Crippen molar-refractivity contribution in [2.45, 2.75) is 65.3 Å². The molecule has 0 aromatic carbocycles. The van der Waals surface area contributed by atoms with E-state index in [1.165, 1.54) is 38.6 Å². The molecule has 0 bridgehead atoms. The van der Waals surface area contributed by atoms with Crippen LogP contribution in [0.2, 0.25) is 0 Å². The maximum Gasteiger partial charge on any atom is 0.191 e. The van der Waals surface area contributed by atoms with Gasteiger partial charge in [0.25, 0.3) is 0 Å². The second kappa shape index (κ2) is 13.6. The van der Waals surface area contributed by atoms with E-state index < -0.39 is 0 Å². The molecule has 1 atom stereocenters. The fourth-order valence-corrected chi connectivity index (χ4v) is 2.79. The molecular weight excluding hydrogens is 288 g/mol. The highest BCUT2D eigenvalue weighted by Crippen LogP contribution is 2.03. The van der Waals surface area contributed by atoms with Crippen molar-refractivity contribution in [2.75, 3.05) is 45.9 Å². The van der Waals surface area contributed by atoms with Crippen LogP contribution in [0.1, 0.15) is 59.3 Å². The maximum atomic E-state index is 5.38. The molecule has 0 aromatic rings. The summed E-state index contributed by atoms with van der Waals surface area (Å²) in [5, 5.41) is 6.89. The number of hydrogen-bond donors (Lipinski definition) is 2. The van der Waals surface area contributed by atoms with Crippen LogP contribution in [0.3, 0.4) is 0 Å². The summed E-state index contributed by atoms with van der Waals surface area (Å²) in [4.78, 5) is 7.21. The molecule has 1 aliphatic rings. The third-order valence-corrected chi connectivity index (χ3v) is 4.22. The number of hydrogen-bond acceptors (Lipinski definition) is 3. The first kappa shape index (κ1) is 20.2. The summed E-state index contributed by atoms with van der Waals surface area (Å²) in [6.07, 6.45) is 7.48. The highest BCUT2D eigenvalue weighted by molar-refractivity contribution is 5.79. The number of nitrogens with zero attached hydrogens (tertiary/aromatic N) is 2. The first-order valence-electron chi connectivity index (χ1n) is 9.61. The molecule has 1 saturated heterocycles. The molecule has 0 radical (unpaired) electrons. The number of unbranched alkanes of at least 4 members (excludes halogenated alkanes) is 3. The van der Waals surface area contributed by atoms with Crippen LogP contribution in [0.15, 0.2) is 4.99 Å². The molecule has 0 amide bonds. The van der Waals surface area contributed by atoms with E-state index in [1.807, 2.05) is 0 Å². The maximum absolute atomic E-state index is 5.38. The van der Waals surface area contributed by atoms with E-state index in [9.17, 15) is 0 Å². The fraction of sp³-hybridized carbons (Fsp3) is 0.944. The summed E-state index contributed by atoms with van der Waals surface area (Å²) < 4.78 is 5.38. The van der Waals surface area contributed by atoms with E-state index >= 15 is 0 Å². The molecule has 5 heteroatoms. The van der Waals surface area contributed by atoms with Crippen LogP contribution in [0.25, 0.3) is 0 Å². The van der Waals surface area contributed by atoms with Gasteiger partial charge in [-0.1, -0.05) is 26.2 Å². The molecule has 1 rings (SSSR count). The molecule has 136 valence electrons. The lowest BCUT2D eigenvalue weighted by Gasteiger charge is -2.26. The molecular formula is C18H38N4O. The predicted octanol–water partition coefficient (Wildman–Crippen LogP) is 2.62. The Morgan fingerprint density at radius 3 is 2.61 bits per heavy atom. The zero-order valence-electron chi connectivity index (χ0n) is 15.6. The van der Waals surface area contributed by atoms with Gasteiger partial charge < -0.3 is 15.4 Å². The molecule has 2 N–H and O–H groups in total. The Labute approximate surface area is 143 Å². The van der Waals surface area contributed by atoms with Crippen molar-refractivity contribution in [1.82, 2.24) is 15.5 Å². The first-order chi connectivity index (χ1) is 11.3. The minimum atomic E-state index is 0.493. The normalized spacial score (nSPS) is 18.0. The summed E-state index contributed by atoms with van der Waals surface area (Å²) in [6, 6.07) is 0.493. The minimum absolute atomic E-state index is 0.493. The van der Waals surface area contributed by atoms with Crippen LogP contribution < -0.4 is 10.6 Å². The molecule has 0 aromatic heterocycles. The molecule has 1 aliphatic heterocycles. The molecule has 1 heterocycles. The first-order valence-corrected chi connectivity index (χ1v) is 9.61. The molecule has 1 fully saturated rings. The van der Waals surface area contributed by atoms with Crippen LogP contribution in [-0.2, 0) is 4.74 Å². The van der Waals surface area contributed by atoms with Gasteiger partial charge >= 0.3 is 0 Å². The molecule has 23 heavy (non-hydrogen) atoms. The Morgan fingerprint density at radius 2 is 1.91 bits per heavy atom. The van der Waals surface area contributed by atoms with Crippen molar-refractivity contribution in [1.29, 1.82) is 0 Å². The average molecular weight is 327 g/mol. The lowest BCUT2D eigenvalue weighted by molar-refractivity contribution is 0.0373. The van der Waals surface area contributed by atoms with Crippen molar-refractivity contribution in [3.63, 3.8) is 0 Å². The van der Waals surface area contributed by atoms with Crippen molar-refractivity contribution >= 4 is 5.96 Å². The number of aliphatic imine (C=N–C) groups is 1. The summed E-state index contributed by atoms with van der Waals surface area (Å²) in [6.45, 7) is 13.6. The van der Waals surface area contributed by atoms with Crippen molar-refractivity contribution in [2.24, 2.45) is 4.99 Å². The zero-order valence-corrected chi connectivity index (χ0v) is 15.6. The van der Waals surface area contributed by atoms with Gasteiger partial charge in [0.2, 0.25) is 0 Å². The Kier molecular flexibility index (Phi) is 12.0. The van der Waals surface area contributed by atoms with E-state index in [0.717, 1.165) is 51.8 Å². The van der Waals surface area contributed by atoms with Gasteiger partial charge in [-0.3, -0.25) is 9.89 Å². The van der Waals surface area contributed by atoms with E-state index in [2.05, 4.69) is 36.3 Å². The highest BCUT2D eigenvalue weighted by atomic mass is 16.5. The smallest absolute Gasteiger partial charge is 0.191 e. The molecule has 5 nitrogen and oxygen atoms in total. The standard InChI is InChI=1S/C18H38N4O/c1-4-6-7-10-17(3)21-18(19-5-2)20-11-8-9-12-22-13-15-23-16-14-22/h17H,4-16H2,1-3H3,(H2,19,20,21). The molecule has 0 aliphatic carbocycles. The molecule has 0 spiro atoms. The Bertz CT molecular complexity index is 303. The van der Waals surface area contributed by atoms with E-state index in [-0.39, 0.29) is 0 Å². The monoisotopic (exact) mass is 326 g/mol. The van der Waals surface area contributed by atoms with Crippen LogP contribution in [0, 0.1) is 0 Å². The number of nitrogens with one attached hydrogen (secondary N) is 2. The van der Waals surface area contributed by atoms with Gasteiger partial charge in [0, 0.05) is 32.2 Å². The lowest BCUT2D eigenvalue weighted by Crippen LogP contribution is -2.42. The van der Waals surface area contributed by atoms with Crippen LogP contribution >= 0.6 is 0 Å². The van der Waals surface area contributed by atoms with E-state index in [0.29, 0.717) is 6.04 Å². The average Bonchev–Trinajstić information content (AvgIpc) is 2.56. The van der Waals surface area contributed by atoms with Crippen molar-refractivity contribution in [3.8, 4) is 0 Å². The third-order valence-electron chi connectivity index (χ3n) is 4.22. The van der Waals surface area contributed by atoms with Gasteiger partial charge in [0.05, 0.1) is 13.2 Å². The Hall–Kier alpha value is -0.810. The Balaban J connectivity index is 2.17. The second-order valence-corrected chi connectivity index (χ2v) is 6.46. The van der Waals surface area contributed by atoms with Crippen LogP contribution in [0.5, 0.6) is 0 Å². The van der Waals surface area contributed by atoms with Gasteiger partial charge in [-0.25, -0.2) is 0 Å². The molecule has 1 unspecified atom stereocenters. The van der Waals surface area contributed by atoms with Crippen LogP contribution in [-0.4, -0.2) is 62.8 Å². The van der Waals surface area contributed by atoms with Gasteiger partial charge in [0.1, 0.15) is 0 Å². The second-order valence-electron chi connectivity index (χ2n) is 6.46.